The second-order valence-electron chi connectivity index (χ2n) is 5.04. The van der Waals surface area contributed by atoms with Gasteiger partial charge in [0.05, 0.1) is 0 Å². The van der Waals surface area contributed by atoms with E-state index in [1.54, 1.807) is 0 Å². The smallest absolute Gasteiger partial charge is 0.0476 e. The van der Waals surface area contributed by atoms with Crippen molar-refractivity contribution in [2.45, 2.75) is 44.1 Å². The number of nitrogens with two attached hydrogens (primary N) is 1. The minimum atomic E-state index is 0.317. The molecule has 0 aliphatic carbocycles. The lowest BCUT2D eigenvalue weighted by Crippen LogP contribution is -2.34. The van der Waals surface area contributed by atoms with Crippen LogP contribution in [0.1, 0.15) is 33.6 Å². The zero-order valence-electron chi connectivity index (χ0n) is 9.58. The van der Waals surface area contributed by atoms with Crippen LogP contribution in [-0.2, 0) is 4.74 Å². The van der Waals surface area contributed by atoms with Gasteiger partial charge in [0.2, 0.25) is 0 Å². The Balaban J connectivity index is 2.39. The highest BCUT2D eigenvalue weighted by Gasteiger charge is 2.27. The average Bonchev–Trinajstić information content (AvgIpc) is 2.14. The van der Waals surface area contributed by atoms with Crippen molar-refractivity contribution in [1.82, 2.24) is 0 Å². The molecule has 0 bridgehead atoms. The third-order valence-electron chi connectivity index (χ3n) is 2.71. The van der Waals surface area contributed by atoms with E-state index in [0.717, 1.165) is 25.0 Å². The molecule has 2 nitrogen and oxygen atoms in total. The van der Waals surface area contributed by atoms with E-state index in [4.69, 9.17) is 10.5 Å². The van der Waals surface area contributed by atoms with Gasteiger partial charge in [-0.2, -0.15) is 11.8 Å². The Morgan fingerprint density at radius 2 is 1.93 bits per heavy atom. The monoisotopic (exact) mass is 217 g/mol. The molecule has 1 heterocycles. The van der Waals surface area contributed by atoms with Gasteiger partial charge in [-0.3, -0.25) is 0 Å². The van der Waals surface area contributed by atoms with Crippen LogP contribution in [0.4, 0.5) is 0 Å². The van der Waals surface area contributed by atoms with Crippen molar-refractivity contribution in [3.05, 3.63) is 0 Å². The summed E-state index contributed by atoms with van der Waals surface area (Å²) in [4.78, 5) is 0. The second-order valence-corrected chi connectivity index (χ2v) is 6.55. The molecule has 1 aliphatic rings. The molecule has 3 heteroatoms. The summed E-state index contributed by atoms with van der Waals surface area (Å²) in [5.74, 6) is 0. The minimum absolute atomic E-state index is 0.317. The molecule has 84 valence electrons. The molecule has 1 aliphatic heterocycles. The van der Waals surface area contributed by atoms with Gasteiger partial charge in [-0.1, -0.05) is 20.8 Å². The summed E-state index contributed by atoms with van der Waals surface area (Å²) in [6.45, 7) is 9.47. The summed E-state index contributed by atoms with van der Waals surface area (Å²) in [5.41, 5.74) is 6.14. The molecule has 0 amide bonds. The standard InChI is InChI=1S/C11H23NOS/c1-11(2,3)10(8-12)14-9-4-6-13-7-5-9/h9-10H,4-8,12H2,1-3H3. The summed E-state index contributed by atoms with van der Waals surface area (Å²) in [7, 11) is 0. The van der Waals surface area contributed by atoms with Gasteiger partial charge in [0.1, 0.15) is 0 Å². The third-order valence-corrected chi connectivity index (χ3v) is 4.79. The summed E-state index contributed by atoms with van der Waals surface area (Å²) in [6, 6.07) is 0. The Morgan fingerprint density at radius 3 is 2.36 bits per heavy atom. The van der Waals surface area contributed by atoms with Crippen molar-refractivity contribution in [2.75, 3.05) is 19.8 Å². The maximum absolute atomic E-state index is 5.82. The van der Waals surface area contributed by atoms with E-state index in [0.29, 0.717) is 10.7 Å². The van der Waals surface area contributed by atoms with Crippen LogP contribution in [0.2, 0.25) is 0 Å². The van der Waals surface area contributed by atoms with Crippen LogP contribution < -0.4 is 5.73 Å². The van der Waals surface area contributed by atoms with Gasteiger partial charge < -0.3 is 10.5 Å². The van der Waals surface area contributed by atoms with Crippen LogP contribution >= 0.6 is 11.8 Å². The fourth-order valence-electron chi connectivity index (χ4n) is 1.66. The van der Waals surface area contributed by atoms with Crippen LogP contribution in [0.15, 0.2) is 0 Å². The number of rotatable bonds is 3. The predicted molar refractivity (Wildman–Crippen MR) is 63.7 cm³/mol. The summed E-state index contributed by atoms with van der Waals surface area (Å²) >= 11 is 2.07. The number of thioether (sulfide) groups is 1. The van der Waals surface area contributed by atoms with E-state index in [1.165, 1.54) is 12.8 Å². The van der Waals surface area contributed by atoms with Gasteiger partial charge >= 0.3 is 0 Å². The molecule has 2 N–H and O–H groups in total. The summed E-state index contributed by atoms with van der Waals surface area (Å²) < 4.78 is 5.36. The second kappa shape index (κ2) is 5.38. The molecule has 1 unspecified atom stereocenters. The zero-order valence-corrected chi connectivity index (χ0v) is 10.4. The van der Waals surface area contributed by atoms with Crippen LogP contribution in [0.25, 0.3) is 0 Å². The Morgan fingerprint density at radius 1 is 1.36 bits per heavy atom. The molecule has 1 rings (SSSR count). The summed E-state index contributed by atoms with van der Waals surface area (Å²) in [5, 5.41) is 1.34. The fraction of sp³-hybridized carbons (Fsp3) is 1.00. The average molecular weight is 217 g/mol. The van der Waals surface area contributed by atoms with Gasteiger partial charge in [0.15, 0.2) is 0 Å². The molecule has 0 saturated carbocycles. The predicted octanol–water partition coefficient (Wildman–Crippen LogP) is 2.27. The highest BCUT2D eigenvalue weighted by Crippen LogP contribution is 2.35. The molecule has 0 radical (unpaired) electrons. The van der Waals surface area contributed by atoms with Crippen molar-refractivity contribution in [2.24, 2.45) is 11.1 Å². The van der Waals surface area contributed by atoms with Crippen molar-refractivity contribution in [1.29, 1.82) is 0 Å². The number of hydrogen-bond acceptors (Lipinski definition) is 3. The quantitative estimate of drug-likeness (QED) is 0.787. The molecule has 1 saturated heterocycles. The highest BCUT2D eigenvalue weighted by atomic mass is 32.2. The van der Waals surface area contributed by atoms with E-state index < -0.39 is 0 Å². The molecule has 0 aromatic carbocycles. The van der Waals surface area contributed by atoms with E-state index >= 15 is 0 Å². The maximum atomic E-state index is 5.82. The van der Waals surface area contributed by atoms with Gasteiger partial charge in [-0.15, -0.1) is 0 Å². The molecular formula is C11H23NOS. The summed E-state index contributed by atoms with van der Waals surface area (Å²) in [6.07, 6.45) is 2.38. The molecule has 0 aromatic rings. The van der Waals surface area contributed by atoms with E-state index in [1.807, 2.05) is 0 Å². The number of hydrogen-bond donors (Lipinski definition) is 1. The first-order chi connectivity index (χ1) is 6.54. The highest BCUT2D eigenvalue weighted by molar-refractivity contribution is 8.00. The van der Waals surface area contributed by atoms with Gasteiger partial charge in [0.25, 0.3) is 0 Å². The van der Waals surface area contributed by atoms with E-state index in [-0.39, 0.29) is 0 Å². The van der Waals surface area contributed by atoms with Crippen molar-refractivity contribution in [3.8, 4) is 0 Å². The molecule has 0 spiro atoms. The Kier molecular flexibility index (Phi) is 4.74. The van der Waals surface area contributed by atoms with Gasteiger partial charge in [-0.25, -0.2) is 0 Å². The molecule has 0 aromatic heterocycles. The van der Waals surface area contributed by atoms with Gasteiger partial charge in [-0.05, 0) is 18.3 Å². The Bertz CT molecular complexity index is 161. The van der Waals surface area contributed by atoms with Crippen LogP contribution in [0.3, 0.4) is 0 Å². The van der Waals surface area contributed by atoms with Crippen LogP contribution in [0, 0.1) is 5.41 Å². The lowest BCUT2D eigenvalue weighted by molar-refractivity contribution is 0.0998. The topological polar surface area (TPSA) is 35.2 Å². The Hall–Kier alpha value is 0.270. The number of ether oxygens (including phenoxy) is 1. The minimum Gasteiger partial charge on any atom is -0.381 e. The van der Waals surface area contributed by atoms with Crippen molar-refractivity contribution < 1.29 is 4.74 Å². The molecule has 1 fully saturated rings. The largest absolute Gasteiger partial charge is 0.381 e. The Labute approximate surface area is 92.0 Å². The normalized spacial score (nSPS) is 22.3. The SMILES string of the molecule is CC(C)(C)C(CN)SC1CCOCC1. The third kappa shape index (κ3) is 3.79. The van der Waals surface area contributed by atoms with Crippen molar-refractivity contribution in [3.63, 3.8) is 0 Å². The van der Waals surface area contributed by atoms with Gasteiger partial charge in [0, 0.05) is 30.3 Å². The first-order valence-corrected chi connectivity index (χ1v) is 6.41. The lowest BCUT2D eigenvalue weighted by atomic mass is 9.92. The molecule has 1 atom stereocenters. The van der Waals surface area contributed by atoms with Crippen LogP contribution in [-0.4, -0.2) is 30.3 Å². The first kappa shape index (κ1) is 12.3. The fourth-order valence-corrected chi connectivity index (χ4v) is 3.11. The van der Waals surface area contributed by atoms with Crippen molar-refractivity contribution >= 4 is 11.8 Å². The van der Waals surface area contributed by atoms with E-state index in [2.05, 4.69) is 32.5 Å². The zero-order chi connectivity index (χ0) is 10.6. The lowest BCUT2D eigenvalue weighted by Gasteiger charge is -2.33. The molecule has 14 heavy (non-hydrogen) atoms. The van der Waals surface area contributed by atoms with Crippen LogP contribution in [0.5, 0.6) is 0 Å². The maximum Gasteiger partial charge on any atom is 0.0476 e. The first-order valence-electron chi connectivity index (χ1n) is 5.47. The molecular weight excluding hydrogens is 194 g/mol. The van der Waals surface area contributed by atoms with E-state index in [9.17, 15) is 0 Å².